The third-order valence-electron chi connectivity index (χ3n) is 5.74. The lowest BCUT2D eigenvalue weighted by molar-refractivity contribution is -0.129. The van der Waals surface area contributed by atoms with Crippen molar-refractivity contribution in [3.63, 3.8) is 0 Å². The molecule has 0 bridgehead atoms. The number of nitrogens with one attached hydrogen (secondary N) is 1. The van der Waals surface area contributed by atoms with Gasteiger partial charge in [-0.2, -0.15) is 9.61 Å². The summed E-state index contributed by atoms with van der Waals surface area (Å²) in [6.07, 6.45) is 8.17. The number of likely N-dealkylation sites (tertiary alicyclic amines) is 1. The SMILES string of the molecule is CC(C)Cn1c(O)c(C(=O)NC2CC2)c(=O)n2ncc(/C=C/C(=O)N3CCCC3C=O)c12. The highest BCUT2D eigenvalue weighted by atomic mass is 16.3. The highest BCUT2D eigenvalue weighted by Crippen LogP contribution is 2.25. The molecule has 2 aromatic heterocycles. The molecule has 2 fully saturated rings. The molecular formula is C22H27N5O5. The standard InChI is InChI=1S/C22H27N5O5/c1-13(2)11-26-20-14(5-8-17(29)25-9-3-4-16(25)12-28)10-23-27(20)22(32)18(21(26)31)19(30)24-15-6-7-15/h5,8,10,12-13,15-16,31H,3-4,6-7,9,11H2,1-2H3,(H,24,30)/b8-5+. The summed E-state index contributed by atoms with van der Waals surface area (Å²) < 4.78 is 2.56. The van der Waals surface area contributed by atoms with E-state index in [-0.39, 0.29) is 23.4 Å². The van der Waals surface area contributed by atoms with Crippen LogP contribution in [0.5, 0.6) is 5.88 Å². The van der Waals surface area contributed by atoms with Crippen molar-refractivity contribution in [2.45, 2.75) is 58.2 Å². The van der Waals surface area contributed by atoms with E-state index in [0.717, 1.165) is 30.1 Å². The van der Waals surface area contributed by atoms with Crippen LogP contribution in [0.15, 0.2) is 17.1 Å². The number of hydrogen-bond donors (Lipinski definition) is 2. The first-order chi connectivity index (χ1) is 15.3. The van der Waals surface area contributed by atoms with Crippen molar-refractivity contribution in [2.75, 3.05) is 6.54 Å². The van der Waals surface area contributed by atoms with Crippen LogP contribution in [0.2, 0.25) is 0 Å². The van der Waals surface area contributed by atoms with E-state index in [1.165, 1.54) is 27.8 Å². The van der Waals surface area contributed by atoms with Crippen LogP contribution in [-0.4, -0.2) is 60.9 Å². The van der Waals surface area contributed by atoms with E-state index in [1.807, 2.05) is 13.8 Å². The summed E-state index contributed by atoms with van der Waals surface area (Å²) in [7, 11) is 0. The van der Waals surface area contributed by atoms with Gasteiger partial charge in [-0.3, -0.25) is 19.0 Å². The summed E-state index contributed by atoms with van der Waals surface area (Å²) in [5.74, 6) is -1.25. The quantitative estimate of drug-likeness (QED) is 0.487. The highest BCUT2D eigenvalue weighted by Gasteiger charge is 2.30. The van der Waals surface area contributed by atoms with Gasteiger partial charge < -0.3 is 20.1 Å². The first-order valence-electron chi connectivity index (χ1n) is 10.9. The van der Waals surface area contributed by atoms with Gasteiger partial charge in [0.1, 0.15) is 11.9 Å². The molecule has 10 heteroatoms. The van der Waals surface area contributed by atoms with E-state index >= 15 is 0 Å². The van der Waals surface area contributed by atoms with Crippen molar-refractivity contribution >= 4 is 29.8 Å². The fourth-order valence-electron chi connectivity index (χ4n) is 4.01. The van der Waals surface area contributed by atoms with Crippen LogP contribution in [0, 0.1) is 5.92 Å². The zero-order valence-corrected chi connectivity index (χ0v) is 18.2. The summed E-state index contributed by atoms with van der Waals surface area (Å²) in [4.78, 5) is 50.9. The first kappa shape index (κ1) is 21.8. The fraction of sp³-hybridized carbons (Fsp3) is 0.500. The molecule has 1 aliphatic heterocycles. The maximum Gasteiger partial charge on any atom is 0.291 e. The Morgan fingerprint density at radius 1 is 1.31 bits per heavy atom. The van der Waals surface area contributed by atoms with Crippen LogP contribution in [0.1, 0.15) is 55.5 Å². The summed E-state index contributed by atoms with van der Waals surface area (Å²) in [6, 6.07) is -0.398. The number of carbonyl (C=O) groups excluding carboxylic acids is 3. The minimum atomic E-state index is -0.720. The molecule has 2 aliphatic rings. The van der Waals surface area contributed by atoms with Crippen molar-refractivity contribution in [1.82, 2.24) is 24.4 Å². The Kier molecular flexibility index (Phi) is 5.86. The van der Waals surface area contributed by atoms with E-state index in [1.54, 1.807) is 0 Å². The predicted octanol–water partition coefficient (Wildman–Crippen LogP) is 0.953. The fourth-order valence-corrected chi connectivity index (χ4v) is 4.01. The van der Waals surface area contributed by atoms with Gasteiger partial charge in [0, 0.05) is 30.8 Å². The molecule has 0 spiro atoms. The number of carbonyl (C=O) groups is 3. The number of aromatic nitrogens is 3. The van der Waals surface area contributed by atoms with Crippen LogP contribution in [0.3, 0.4) is 0 Å². The van der Waals surface area contributed by atoms with Crippen LogP contribution < -0.4 is 10.9 Å². The number of aromatic hydroxyl groups is 1. The van der Waals surface area contributed by atoms with Gasteiger partial charge >= 0.3 is 0 Å². The van der Waals surface area contributed by atoms with Gasteiger partial charge in [0.2, 0.25) is 11.8 Å². The van der Waals surface area contributed by atoms with Crippen LogP contribution in [-0.2, 0) is 16.1 Å². The average Bonchev–Trinajstić information content (AvgIpc) is 3.26. The molecule has 3 heterocycles. The van der Waals surface area contributed by atoms with Gasteiger partial charge in [-0.05, 0) is 37.7 Å². The molecule has 2 amide bonds. The molecule has 10 nitrogen and oxygen atoms in total. The molecule has 170 valence electrons. The zero-order valence-electron chi connectivity index (χ0n) is 18.2. The number of fused-ring (bicyclic) bond motifs is 1. The highest BCUT2D eigenvalue weighted by molar-refractivity contribution is 5.97. The van der Waals surface area contributed by atoms with Crippen molar-refractivity contribution in [3.05, 3.63) is 33.8 Å². The van der Waals surface area contributed by atoms with Crippen molar-refractivity contribution in [3.8, 4) is 5.88 Å². The average molecular weight is 441 g/mol. The molecule has 1 saturated carbocycles. The second-order valence-electron chi connectivity index (χ2n) is 8.80. The van der Waals surface area contributed by atoms with Crippen LogP contribution in [0.4, 0.5) is 0 Å². The third kappa shape index (κ3) is 4.04. The summed E-state index contributed by atoms with van der Waals surface area (Å²) in [5, 5.41) is 17.8. The Bertz CT molecular complexity index is 1160. The first-order valence-corrected chi connectivity index (χ1v) is 10.9. The van der Waals surface area contributed by atoms with Crippen molar-refractivity contribution < 1.29 is 19.5 Å². The van der Waals surface area contributed by atoms with E-state index in [2.05, 4.69) is 10.4 Å². The molecule has 4 rings (SSSR count). The van der Waals surface area contributed by atoms with Crippen molar-refractivity contribution in [2.24, 2.45) is 5.92 Å². The molecule has 0 aromatic carbocycles. The molecular weight excluding hydrogens is 414 g/mol. The molecule has 1 aliphatic carbocycles. The van der Waals surface area contributed by atoms with E-state index in [4.69, 9.17) is 0 Å². The largest absolute Gasteiger partial charge is 0.494 e. The molecule has 32 heavy (non-hydrogen) atoms. The molecule has 1 atom stereocenters. The molecule has 0 radical (unpaired) electrons. The third-order valence-corrected chi connectivity index (χ3v) is 5.74. The van der Waals surface area contributed by atoms with Gasteiger partial charge in [-0.1, -0.05) is 13.8 Å². The summed E-state index contributed by atoms with van der Waals surface area (Å²) in [6.45, 7) is 4.74. The molecule has 2 N–H and O–H groups in total. The Morgan fingerprint density at radius 2 is 2.06 bits per heavy atom. The lowest BCUT2D eigenvalue weighted by Crippen LogP contribution is -2.35. The van der Waals surface area contributed by atoms with Crippen LogP contribution >= 0.6 is 0 Å². The lowest BCUT2D eigenvalue weighted by Gasteiger charge is -2.18. The predicted molar refractivity (Wildman–Crippen MR) is 116 cm³/mol. The van der Waals surface area contributed by atoms with Gasteiger partial charge in [-0.25, -0.2) is 0 Å². The maximum absolute atomic E-state index is 13.0. The monoisotopic (exact) mass is 441 g/mol. The molecule has 2 aromatic rings. The molecule has 1 saturated heterocycles. The second kappa shape index (κ2) is 8.60. The minimum absolute atomic E-state index is 0.0263. The Balaban J connectivity index is 1.76. The number of rotatable bonds is 7. The Hall–Kier alpha value is -3.43. The summed E-state index contributed by atoms with van der Waals surface area (Å²) >= 11 is 0. The van der Waals surface area contributed by atoms with E-state index in [0.29, 0.717) is 30.7 Å². The number of hydrogen-bond acceptors (Lipinski definition) is 6. The number of amides is 2. The van der Waals surface area contributed by atoms with Gasteiger partial charge in [0.05, 0.1) is 12.2 Å². The number of nitrogens with zero attached hydrogens (tertiary/aromatic N) is 4. The lowest BCUT2D eigenvalue weighted by atomic mass is 10.2. The maximum atomic E-state index is 13.0. The second-order valence-corrected chi connectivity index (χ2v) is 8.80. The van der Waals surface area contributed by atoms with Crippen molar-refractivity contribution in [1.29, 1.82) is 0 Å². The zero-order chi connectivity index (χ0) is 23.0. The Labute approximate surface area is 184 Å². The summed E-state index contributed by atoms with van der Waals surface area (Å²) in [5.41, 5.74) is -0.322. The molecule has 1 unspecified atom stereocenters. The van der Waals surface area contributed by atoms with Gasteiger partial charge in [0.25, 0.3) is 11.5 Å². The Morgan fingerprint density at radius 3 is 2.72 bits per heavy atom. The van der Waals surface area contributed by atoms with Gasteiger partial charge in [-0.15, -0.1) is 0 Å². The van der Waals surface area contributed by atoms with Gasteiger partial charge in [0.15, 0.2) is 5.56 Å². The topological polar surface area (TPSA) is 126 Å². The minimum Gasteiger partial charge on any atom is -0.494 e. The van der Waals surface area contributed by atoms with E-state index in [9.17, 15) is 24.3 Å². The smallest absolute Gasteiger partial charge is 0.291 e. The normalized spacial score (nSPS) is 18.7. The number of aldehydes is 1. The van der Waals surface area contributed by atoms with Crippen LogP contribution in [0.25, 0.3) is 11.7 Å². The van der Waals surface area contributed by atoms with E-state index < -0.39 is 23.4 Å².